The lowest BCUT2D eigenvalue weighted by atomic mass is 10.2. The summed E-state index contributed by atoms with van der Waals surface area (Å²) in [4.78, 5) is 0. The molecule has 0 spiro atoms. The smallest absolute Gasteiger partial charge is 0.168 e. The monoisotopic (exact) mass is 224 g/mol. The maximum Gasteiger partial charge on any atom is 0.168 e. The molecule has 3 nitrogen and oxygen atoms in total. The van der Waals surface area contributed by atoms with Crippen LogP contribution in [0.4, 0.5) is 0 Å². The van der Waals surface area contributed by atoms with Crippen LogP contribution in [0.25, 0.3) is 6.08 Å². The van der Waals surface area contributed by atoms with Crippen LogP contribution in [0.5, 0.6) is 11.5 Å². The van der Waals surface area contributed by atoms with Crippen LogP contribution >= 0.6 is 0 Å². The molecule has 0 aliphatic rings. The van der Waals surface area contributed by atoms with Crippen molar-refractivity contribution in [1.29, 1.82) is 0 Å². The largest absolute Gasteiger partial charge is 0.507 e. The fourth-order valence-electron chi connectivity index (χ4n) is 1.30. The van der Waals surface area contributed by atoms with E-state index in [0.29, 0.717) is 0 Å². The first-order chi connectivity index (χ1) is 7.22. The van der Waals surface area contributed by atoms with Gasteiger partial charge in [0.1, 0.15) is 0 Å². The van der Waals surface area contributed by atoms with Gasteiger partial charge < -0.3 is 14.2 Å². The third-order valence-corrected chi connectivity index (χ3v) is 2.81. The molecule has 0 heterocycles. The van der Waals surface area contributed by atoms with Gasteiger partial charge in [0.15, 0.2) is 11.5 Å². The maximum absolute atomic E-state index is 5.30. The molecule has 1 aromatic carbocycles. The molecule has 0 atom stereocenters. The number of methoxy groups -OCH3 is 3. The highest BCUT2D eigenvalue weighted by Crippen LogP contribution is 2.31. The van der Waals surface area contributed by atoms with Gasteiger partial charge in [-0.05, 0) is 12.1 Å². The Hall–Kier alpha value is -1.42. The second-order valence-corrected chi connectivity index (χ2v) is 4.03. The third-order valence-electron chi connectivity index (χ3n) is 2.11. The van der Waals surface area contributed by atoms with Gasteiger partial charge in [-0.3, -0.25) is 0 Å². The average Bonchev–Trinajstić information content (AvgIpc) is 2.28. The highest BCUT2D eigenvalue weighted by molar-refractivity contribution is 6.22. The minimum atomic E-state index is 0.733. The van der Waals surface area contributed by atoms with Crippen LogP contribution in [0.2, 0.25) is 0 Å². The summed E-state index contributed by atoms with van der Waals surface area (Å²) in [5.74, 6) is 1.47. The Labute approximate surface area is 93.1 Å². The molecule has 0 radical (unpaired) electrons. The molecule has 0 amide bonds. The molecular formula is C11H16O3Si. The molecule has 82 valence electrons. The summed E-state index contributed by atoms with van der Waals surface area (Å²) < 4.78 is 15.7. The summed E-state index contributed by atoms with van der Waals surface area (Å²) in [7, 11) is 5.80. The zero-order valence-corrected chi connectivity index (χ0v) is 11.5. The number of hydrogen-bond acceptors (Lipinski definition) is 3. The van der Waals surface area contributed by atoms with E-state index in [1.165, 1.54) is 0 Å². The molecule has 0 bridgehead atoms. The third kappa shape index (κ3) is 2.76. The number of rotatable bonds is 4. The van der Waals surface area contributed by atoms with Gasteiger partial charge in [0.25, 0.3) is 0 Å². The Morgan fingerprint density at radius 1 is 1.20 bits per heavy atom. The van der Waals surface area contributed by atoms with Gasteiger partial charge in [0, 0.05) is 5.56 Å². The number of para-hydroxylation sites is 1. The van der Waals surface area contributed by atoms with Crippen LogP contribution in [-0.4, -0.2) is 31.6 Å². The van der Waals surface area contributed by atoms with Gasteiger partial charge in [0.2, 0.25) is 0 Å². The standard InChI is InChI=1S/C11H16O3Si/c1-12-9-6-4-5-8(11(9)14-3)7-10(15)13-2/h4-7H,1-3,15H3. The van der Waals surface area contributed by atoms with E-state index in [9.17, 15) is 0 Å². The molecule has 0 fully saturated rings. The van der Waals surface area contributed by atoms with Gasteiger partial charge in [-0.2, -0.15) is 0 Å². The molecule has 1 rings (SSSR count). The number of benzene rings is 1. The van der Waals surface area contributed by atoms with E-state index >= 15 is 0 Å². The molecule has 0 saturated heterocycles. The highest BCUT2D eigenvalue weighted by atomic mass is 28.1. The Bertz CT molecular complexity index is 361. The topological polar surface area (TPSA) is 27.7 Å². The van der Waals surface area contributed by atoms with E-state index < -0.39 is 0 Å². The zero-order chi connectivity index (χ0) is 11.3. The van der Waals surface area contributed by atoms with E-state index in [1.54, 1.807) is 21.3 Å². The second kappa shape index (κ2) is 5.46. The molecule has 0 aromatic heterocycles. The molecule has 0 saturated carbocycles. The van der Waals surface area contributed by atoms with Crippen molar-refractivity contribution in [2.45, 2.75) is 0 Å². The van der Waals surface area contributed by atoms with Crippen molar-refractivity contribution in [3.05, 3.63) is 29.1 Å². The molecule has 1 aromatic rings. The Balaban J connectivity index is 3.17. The van der Waals surface area contributed by atoms with Crippen LogP contribution < -0.4 is 9.47 Å². The lowest BCUT2D eigenvalue weighted by Gasteiger charge is -2.10. The molecule has 0 unspecified atom stereocenters. The van der Waals surface area contributed by atoms with Crippen molar-refractivity contribution in [2.75, 3.05) is 21.3 Å². The van der Waals surface area contributed by atoms with Crippen LogP contribution in [-0.2, 0) is 4.74 Å². The lowest BCUT2D eigenvalue weighted by molar-refractivity contribution is 0.324. The fraction of sp³-hybridized carbons (Fsp3) is 0.273. The fourth-order valence-corrected chi connectivity index (χ4v) is 1.61. The summed E-state index contributed by atoms with van der Waals surface area (Å²) in [5, 5.41) is 0.960. The molecular weight excluding hydrogens is 208 g/mol. The van der Waals surface area contributed by atoms with Crippen molar-refractivity contribution in [1.82, 2.24) is 0 Å². The second-order valence-electron chi connectivity index (χ2n) is 3.04. The van der Waals surface area contributed by atoms with Crippen LogP contribution in [0, 0.1) is 0 Å². The van der Waals surface area contributed by atoms with E-state index in [1.807, 2.05) is 24.3 Å². The van der Waals surface area contributed by atoms with Crippen LogP contribution in [0.1, 0.15) is 5.56 Å². The number of hydrogen-bond donors (Lipinski definition) is 0. The Kier molecular flexibility index (Phi) is 4.24. The molecule has 0 aliphatic heterocycles. The van der Waals surface area contributed by atoms with Gasteiger partial charge in [0.05, 0.1) is 37.0 Å². The lowest BCUT2D eigenvalue weighted by Crippen LogP contribution is -1.93. The first-order valence-electron chi connectivity index (χ1n) is 4.66. The molecule has 15 heavy (non-hydrogen) atoms. The van der Waals surface area contributed by atoms with Crippen molar-refractivity contribution in [2.24, 2.45) is 0 Å². The predicted molar refractivity (Wildman–Crippen MR) is 64.5 cm³/mol. The highest BCUT2D eigenvalue weighted by Gasteiger charge is 2.07. The van der Waals surface area contributed by atoms with E-state index in [-0.39, 0.29) is 0 Å². The quantitative estimate of drug-likeness (QED) is 0.564. The van der Waals surface area contributed by atoms with Crippen LogP contribution in [0.15, 0.2) is 23.6 Å². The van der Waals surface area contributed by atoms with E-state index in [0.717, 1.165) is 32.7 Å². The summed E-state index contributed by atoms with van der Waals surface area (Å²) in [6, 6.07) is 5.77. The molecule has 0 N–H and O–H groups in total. The van der Waals surface area contributed by atoms with Gasteiger partial charge in [-0.25, -0.2) is 0 Å². The summed E-state index contributed by atoms with van der Waals surface area (Å²) >= 11 is 0. The van der Waals surface area contributed by atoms with Gasteiger partial charge in [-0.15, -0.1) is 0 Å². The van der Waals surface area contributed by atoms with Crippen molar-refractivity contribution in [3.8, 4) is 11.5 Å². The van der Waals surface area contributed by atoms with Gasteiger partial charge >= 0.3 is 0 Å². The van der Waals surface area contributed by atoms with Crippen molar-refractivity contribution >= 4 is 16.3 Å². The molecule has 0 aliphatic carbocycles. The first-order valence-corrected chi connectivity index (χ1v) is 5.66. The zero-order valence-electron chi connectivity index (χ0n) is 9.53. The van der Waals surface area contributed by atoms with E-state index in [4.69, 9.17) is 14.2 Å². The predicted octanol–water partition coefficient (Wildman–Crippen LogP) is 1.01. The average molecular weight is 224 g/mol. The SMILES string of the molecule is COC([SiH3])=Cc1cccc(OC)c1OC. The van der Waals surface area contributed by atoms with E-state index in [2.05, 4.69) is 0 Å². The van der Waals surface area contributed by atoms with Crippen molar-refractivity contribution in [3.63, 3.8) is 0 Å². The van der Waals surface area contributed by atoms with Crippen molar-refractivity contribution < 1.29 is 14.2 Å². The van der Waals surface area contributed by atoms with Gasteiger partial charge in [-0.1, -0.05) is 12.1 Å². The summed E-state index contributed by atoms with van der Waals surface area (Å²) in [6.07, 6.45) is 1.97. The maximum atomic E-state index is 5.30. The summed E-state index contributed by atoms with van der Waals surface area (Å²) in [5.41, 5.74) is 0.976. The molecule has 4 heteroatoms. The minimum absolute atomic E-state index is 0.733. The number of ether oxygens (including phenoxy) is 3. The summed E-state index contributed by atoms with van der Waals surface area (Å²) in [6.45, 7) is 0. The van der Waals surface area contributed by atoms with Crippen LogP contribution in [0.3, 0.4) is 0 Å². The Morgan fingerprint density at radius 3 is 2.47 bits per heavy atom. The normalized spacial score (nSPS) is 11.3. The first kappa shape index (κ1) is 11.7. The Morgan fingerprint density at radius 2 is 1.93 bits per heavy atom. The minimum Gasteiger partial charge on any atom is -0.507 e.